The fourth-order valence-corrected chi connectivity index (χ4v) is 4.81. The molecule has 5 nitrogen and oxygen atoms in total. The maximum absolute atomic E-state index is 13.5. The third-order valence-corrected chi connectivity index (χ3v) is 6.33. The van der Waals surface area contributed by atoms with Gasteiger partial charge in [-0.25, -0.2) is 17.6 Å². The van der Waals surface area contributed by atoms with Crippen molar-refractivity contribution >= 4 is 48.9 Å². The van der Waals surface area contributed by atoms with Crippen LogP contribution in [0.2, 0.25) is 0 Å². The van der Waals surface area contributed by atoms with Crippen LogP contribution in [-0.2, 0) is 10.0 Å². The first kappa shape index (κ1) is 14.9. The Balaban J connectivity index is 2.33. The molecule has 0 radical (unpaired) electrons. The summed E-state index contributed by atoms with van der Waals surface area (Å²) in [7, 11) is -3.84. The Morgan fingerprint density at radius 1 is 1.35 bits per heavy atom. The number of anilines is 1. The molecule has 0 saturated carbocycles. The van der Waals surface area contributed by atoms with E-state index < -0.39 is 27.4 Å². The Morgan fingerprint density at radius 3 is 2.55 bits per heavy atom. The van der Waals surface area contributed by atoms with Gasteiger partial charge in [-0.3, -0.25) is 4.72 Å². The fourth-order valence-electron chi connectivity index (χ4n) is 1.43. The molecule has 2 aromatic rings. The summed E-state index contributed by atoms with van der Waals surface area (Å²) in [6, 6.07) is 4.58. The van der Waals surface area contributed by atoms with Gasteiger partial charge in [0.15, 0.2) is 4.21 Å². The average molecular weight is 380 g/mol. The molecular weight excluding hydrogens is 373 g/mol. The van der Waals surface area contributed by atoms with Gasteiger partial charge in [0, 0.05) is 4.47 Å². The van der Waals surface area contributed by atoms with Crippen LogP contribution in [-0.4, -0.2) is 19.5 Å². The van der Waals surface area contributed by atoms with Crippen LogP contribution in [0.25, 0.3) is 0 Å². The molecule has 0 atom stereocenters. The van der Waals surface area contributed by atoms with E-state index in [1.54, 1.807) is 11.4 Å². The largest absolute Gasteiger partial charge is 0.478 e. The first-order chi connectivity index (χ1) is 9.31. The average Bonchev–Trinajstić information content (AvgIpc) is 2.75. The topological polar surface area (TPSA) is 83.5 Å². The number of thiophene rings is 1. The highest BCUT2D eigenvalue weighted by Gasteiger charge is 2.20. The standard InChI is InChI=1S/C11H7BrFNO4S2/c12-8-3-4-19-11(8)20(17,18)14-6-1-2-7(10(15)16)9(13)5-6/h1-5,14H,(H,15,16). The van der Waals surface area contributed by atoms with E-state index in [9.17, 15) is 17.6 Å². The maximum Gasteiger partial charge on any atom is 0.338 e. The molecule has 9 heteroatoms. The Labute approximate surface area is 126 Å². The Morgan fingerprint density at radius 2 is 2.05 bits per heavy atom. The number of hydrogen-bond acceptors (Lipinski definition) is 4. The van der Waals surface area contributed by atoms with Crippen molar-refractivity contribution in [2.24, 2.45) is 0 Å². The SMILES string of the molecule is O=C(O)c1ccc(NS(=O)(=O)c2sccc2Br)cc1F. The van der Waals surface area contributed by atoms with Crippen molar-refractivity contribution in [3.05, 3.63) is 45.5 Å². The van der Waals surface area contributed by atoms with E-state index in [4.69, 9.17) is 5.11 Å². The molecule has 2 rings (SSSR count). The zero-order valence-electron chi connectivity index (χ0n) is 9.63. The number of aromatic carboxylic acids is 1. The number of carboxylic acids is 1. The third-order valence-electron chi connectivity index (χ3n) is 2.28. The van der Waals surface area contributed by atoms with Gasteiger partial charge in [-0.15, -0.1) is 11.3 Å². The molecule has 20 heavy (non-hydrogen) atoms. The third kappa shape index (κ3) is 3.00. The van der Waals surface area contributed by atoms with Crippen molar-refractivity contribution < 1.29 is 22.7 Å². The summed E-state index contributed by atoms with van der Waals surface area (Å²) in [6.45, 7) is 0. The van der Waals surface area contributed by atoms with Crippen LogP contribution in [0.5, 0.6) is 0 Å². The number of carbonyl (C=O) groups is 1. The van der Waals surface area contributed by atoms with Gasteiger partial charge in [0.05, 0.1) is 11.3 Å². The number of halogens is 2. The van der Waals surface area contributed by atoms with E-state index in [-0.39, 0.29) is 9.90 Å². The quantitative estimate of drug-likeness (QED) is 0.854. The van der Waals surface area contributed by atoms with Gasteiger partial charge < -0.3 is 5.11 Å². The molecule has 0 spiro atoms. The first-order valence-corrected chi connectivity index (χ1v) is 8.25. The lowest BCUT2D eigenvalue weighted by atomic mass is 10.2. The minimum atomic E-state index is -3.84. The van der Waals surface area contributed by atoms with Gasteiger partial charge >= 0.3 is 5.97 Å². The summed E-state index contributed by atoms with van der Waals surface area (Å²) >= 11 is 4.10. The molecule has 0 fully saturated rings. The lowest BCUT2D eigenvalue weighted by Crippen LogP contribution is -2.12. The van der Waals surface area contributed by atoms with E-state index in [1.165, 1.54) is 6.07 Å². The minimum absolute atomic E-state index is 0.0483. The summed E-state index contributed by atoms with van der Waals surface area (Å²) in [6.07, 6.45) is 0. The summed E-state index contributed by atoms with van der Waals surface area (Å²) in [5.74, 6) is -2.43. The second-order valence-corrected chi connectivity index (χ2v) is 7.31. The molecule has 1 heterocycles. The van der Waals surface area contributed by atoms with Crippen LogP contribution < -0.4 is 4.72 Å². The number of rotatable bonds is 4. The van der Waals surface area contributed by atoms with Crippen molar-refractivity contribution in [2.45, 2.75) is 4.21 Å². The van der Waals surface area contributed by atoms with Gasteiger partial charge in [-0.05, 0) is 45.6 Å². The summed E-state index contributed by atoms with van der Waals surface area (Å²) in [4.78, 5) is 10.7. The molecule has 1 aromatic heterocycles. The zero-order valence-corrected chi connectivity index (χ0v) is 12.9. The first-order valence-electron chi connectivity index (χ1n) is 5.10. The molecule has 2 N–H and O–H groups in total. The van der Waals surface area contributed by atoms with E-state index in [0.717, 1.165) is 23.5 Å². The number of carboxylic acid groups (broad SMARTS) is 1. The van der Waals surface area contributed by atoms with Crippen LogP contribution in [0.1, 0.15) is 10.4 Å². The number of nitrogens with one attached hydrogen (secondary N) is 1. The second kappa shape index (κ2) is 5.51. The second-order valence-electron chi connectivity index (χ2n) is 3.66. The molecule has 0 aliphatic carbocycles. The van der Waals surface area contributed by atoms with Crippen LogP contribution in [0.3, 0.4) is 0 Å². The van der Waals surface area contributed by atoms with Crippen LogP contribution in [0, 0.1) is 5.82 Å². The number of sulfonamides is 1. The highest BCUT2D eigenvalue weighted by Crippen LogP contribution is 2.29. The molecule has 0 aliphatic rings. The zero-order chi connectivity index (χ0) is 14.9. The van der Waals surface area contributed by atoms with Crippen LogP contribution in [0.4, 0.5) is 10.1 Å². The molecule has 0 saturated heterocycles. The lowest BCUT2D eigenvalue weighted by Gasteiger charge is -2.07. The highest BCUT2D eigenvalue weighted by molar-refractivity contribution is 9.10. The summed E-state index contributed by atoms with van der Waals surface area (Å²) < 4.78 is 40.2. The maximum atomic E-state index is 13.5. The normalized spacial score (nSPS) is 11.3. The summed E-state index contributed by atoms with van der Waals surface area (Å²) in [5.41, 5.74) is -0.571. The smallest absolute Gasteiger partial charge is 0.338 e. The Bertz CT molecular complexity index is 772. The predicted octanol–water partition coefficient (Wildman–Crippen LogP) is 3.15. The van der Waals surface area contributed by atoms with E-state index in [0.29, 0.717) is 4.47 Å². The fraction of sp³-hybridized carbons (Fsp3) is 0. The van der Waals surface area contributed by atoms with Crippen LogP contribution in [0.15, 0.2) is 38.3 Å². The molecule has 0 aliphatic heterocycles. The summed E-state index contributed by atoms with van der Waals surface area (Å²) in [5, 5.41) is 10.3. The van der Waals surface area contributed by atoms with E-state index >= 15 is 0 Å². The number of hydrogen-bond donors (Lipinski definition) is 2. The lowest BCUT2D eigenvalue weighted by molar-refractivity contribution is 0.0692. The minimum Gasteiger partial charge on any atom is -0.478 e. The van der Waals surface area contributed by atoms with Gasteiger partial charge in [0.1, 0.15) is 5.82 Å². The van der Waals surface area contributed by atoms with E-state index in [1.807, 2.05) is 0 Å². The van der Waals surface area contributed by atoms with Crippen LogP contribution >= 0.6 is 27.3 Å². The van der Waals surface area contributed by atoms with Crippen molar-refractivity contribution in [3.8, 4) is 0 Å². The molecule has 0 bridgehead atoms. The van der Waals surface area contributed by atoms with Gasteiger partial charge in [0.2, 0.25) is 0 Å². The van der Waals surface area contributed by atoms with Gasteiger partial charge in [-0.2, -0.15) is 0 Å². The molecule has 1 aromatic carbocycles. The monoisotopic (exact) mass is 379 g/mol. The number of benzene rings is 1. The molecule has 0 amide bonds. The Kier molecular flexibility index (Phi) is 4.11. The van der Waals surface area contributed by atoms with Crippen molar-refractivity contribution in [3.63, 3.8) is 0 Å². The van der Waals surface area contributed by atoms with Crippen molar-refractivity contribution in [1.82, 2.24) is 0 Å². The van der Waals surface area contributed by atoms with Gasteiger partial charge in [-0.1, -0.05) is 0 Å². The van der Waals surface area contributed by atoms with Gasteiger partial charge in [0.25, 0.3) is 10.0 Å². The van der Waals surface area contributed by atoms with E-state index in [2.05, 4.69) is 20.7 Å². The predicted molar refractivity (Wildman–Crippen MR) is 76.2 cm³/mol. The molecular formula is C11H7BrFNO4S2. The molecule has 106 valence electrons. The van der Waals surface area contributed by atoms with Crippen molar-refractivity contribution in [2.75, 3.05) is 4.72 Å². The molecule has 0 unspecified atom stereocenters. The Hall–Kier alpha value is -1.45. The highest BCUT2D eigenvalue weighted by atomic mass is 79.9. The van der Waals surface area contributed by atoms with Crippen molar-refractivity contribution in [1.29, 1.82) is 0 Å².